The molecule has 1 aromatic carbocycles. The number of allylic oxidation sites excluding steroid dienone is 2. The van der Waals surface area contributed by atoms with Crippen molar-refractivity contribution in [1.29, 1.82) is 0 Å². The summed E-state index contributed by atoms with van der Waals surface area (Å²) in [4.78, 5) is 12.5. The van der Waals surface area contributed by atoms with Gasteiger partial charge in [0.1, 0.15) is 0 Å². The Morgan fingerprint density at radius 3 is 1.65 bits per heavy atom. The Bertz CT molecular complexity index is 475. The van der Waals surface area contributed by atoms with Gasteiger partial charge in [0.15, 0.2) is 5.78 Å². The SMILES string of the molecule is C/C=C/C(=O)c1c(C(C)C)cc(C(C)C)cc1C(C)C. The van der Waals surface area contributed by atoms with Crippen molar-refractivity contribution in [2.24, 2.45) is 0 Å². The lowest BCUT2D eigenvalue weighted by molar-refractivity contribution is 0.104. The van der Waals surface area contributed by atoms with Crippen LogP contribution in [0, 0.1) is 0 Å². The lowest BCUT2D eigenvalue weighted by atomic mass is 9.83. The molecule has 0 unspecified atom stereocenters. The fourth-order valence-corrected chi connectivity index (χ4v) is 2.48. The van der Waals surface area contributed by atoms with Gasteiger partial charge < -0.3 is 0 Å². The van der Waals surface area contributed by atoms with Crippen LogP contribution in [0.1, 0.15) is 93.3 Å². The van der Waals surface area contributed by atoms with E-state index in [2.05, 4.69) is 53.7 Å². The summed E-state index contributed by atoms with van der Waals surface area (Å²) in [6, 6.07) is 4.44. The topological polar surface area (TPSA) is 17.1 Å². The Labute approximate surface area is 124 Å². The molecule has 0 heterocycles. The van der Waals surface area contributed by atoms with E-state index in [0.717, 1.165) is 5.56 Å². The quantitative estimate of drug-likeness (QED) is 0.488. The summed E-state index contributed by atoms with van der Waals surface area (Å²) < 4.78 is 0. The van der Waals surface area contributed by atoms with Gasteiger partial charge in [-0.2, -0.15) is 0 Å². The van der Waals surface area contributed by atoms with E-state index in [-0.39, 0.29) is 5.78 Å². The van der Waals surface area contributed by atoms with Gasteiger partial charge in [0.25, 0.3) is 0 Å². The molecule has 0 saturated heterocycles. The summed E-state index contributed by atoms with van der Waals surface area (Å²) >= 11 is 0. The first-order chi connectivity index (χ1) is 9.29. The second kappa shape index (κ2) is 6.88. The molecule has 1 heteroatoms. The van der Waals surface area contributed by atoms with Crippen molar-refractivity contribution in [3.05, 3.63) is 46.5 Å². The predicted molar refractivity (Wildman–Crippen MR) is 87.9 cm³/mol. The molecule has 1 aromatic rings. The molecule has 0 aliphatic heterocycles. The Hall–Kier alpha value is -1.37. The summed E-state index contributed by atoms with van der Waals surface area (Å²) in [7, 11) is 0. The average Bonchev–Trinajstić information content (AvgIpc) is 2.36. The molecular weight excluding hydrogens is 244 g/mol. The number of hydrogen-bond acceptors (Lipinski definition) is 1. The molecule has 0 aromatic heterocycles. The summed E-state index contributed by atoms with van der Waals surface area (Å²) in [5.41, 5.74) is 4.61. The number of hydrogen-bond donors (Lipinski definition) is 0. The van der Waals surface area contributed by atoms with Crippen molar-refractivity contribution in [2.45, 2.75) is 66.2 Å². The van der Waals surface area contributed by atoms with Gasteiger partial charge >= 0.3 is 0 Å². The summed E-state index contributed by atoms with van der Waals surface area (Å²) in [6.45, 7) is 15.0. The molecule has 0 amide bonds. The van der Waals surface area contributed by atoms with Crippen LogP contribution in [0.5, 0.6) is 0 Å². The molecule has 0 bridgehead atoms. The Kier molecular flexibility index (Phi) is 5.74. The highest BCUT2D eigenvalue weighted by Gasteiger charge is 2.20. The normalized spacial score (nSPS) is 12.1. The largest absolute Gasteiger partial charge is 0.289 e. The Balaban J connectivity index is 3.63. The van der Waals surface area contributed by atoms with E-state index in [1.807, 2.05) is 13.0 Å². The van der Waals surface area contributed by atoms with Crippen LogP contribution < -0.4 is 0 Å². The van der Waals surface area contributed by atoms with E-state index in [9.17, 15) is 4.79 Å². The number of benzene rings is 1. The minimum Gasteiger partial charge on any atom is -0.289 e. The zero-order valence-electron chi connectivity index (χ0n) is 13.9. The molecule has 0 spiro atoms. The third kappa shape index (κ3) is 3.59. The first-order valence-corrected chi connectivity index (χ1v) is 7.64. The smallest absolute Gasteiger partial charge is 0.186 e. The van der Waals surface area contributed by atoms with Crippen LogP contribution in [0.4, 0.5) is 0 Å². The Morgan fingerprint density at radius 1 is 0.900 bits per heavy atom. The highest BCUT2D eigenvalue weighted by molar-refractivity contribution is 6.07. The third-order valence-electron chi connectivity index (χ3n) is 3.70. The number of carbonyl (C=O) groups excluding carboxylic acids is 1. The van der Waals surface area contributed by atoms with Crippen molar-refractivity contribution in [1.82, 2.24) is 0 Å². The lowest BCUT2D eigenvalue weighted by Gasteiger charge is -2.21. The van der Waals surface area contributed by atoms with Gasteiger partial charge in [0, 0.05) is 5.56 Å². The van der Waals surface area contributed by atoms with E-state index in [4.69, 9.17) is 0 Å². The molecule has 110 valence electrons. The van der Waals surface area contributed by atoms with Gasteiger partial charge in [-0.25, -0.2) is 0 Å². The molecule has 0 fully saturated rings. The van der Waals surface area contributed by atoms with Crippen molar-refractivity contribution in [3.63, 3.8) is 0 Å². The zero-order chi connectivity index (χ0) is 15.4. The van der Waals surface area contributed by atoms with E-state index in [1.165, 1.54) is 16.7 Å². The fraction of sp³-hybridized carbons (Fsp3) is 0.526. The van der Waals surface area contributed by atoms with E-state index in [0.29, 0.717) is 17.8 Å². The summed E-state index contributed by atoms with van der Waals surface area (Å²) in [6.07, 6.45) is 3.51. The third-order valence-corrected chi connectivity index (χ3v) is 3.70. The van der Waals surface area contributed by atoms with Gasteiger partial charge in [-0.1, -0.05) is 59.8 Å². The van der Waals surface area contributed by atoms with Gasteiger partial charge in [-0.15, -0.1) is 0 Å². The van der Waals surface area contributed by atoms with Crippen LogP contribution >= 0.6 is 0 Å². The molecule has 0 atom stereocenters. The summed E-state index contributed by atoms with van der Waals surface area (Å²) in [5.74, 6) is 1.33. The minimum atomic E-state index is 0.134. The van der Waals surface area contributed by atoms with Crippen LogP contribution in [0.25, 0.3) is 0 Å². The molecule has 1 rings (SSSR count). The van der Waals surface area contributed by atoms with Crippen molar-refractivity contribution >= 4 is 5.78 Å². The van der Waals surface area contributed by atoms with E-state index < -0.39 is 0 Å². The average molecular weight is 272 g/mol. The second-order valence-corrected chi connectivity index (χ2v) is 6.40. The van der Waals surface area contributed by atoms with Gasteiger partial charge in [0.2, 0.25) is 0 Å². The maximum Gasteiger partial charge on any atom is 0.186 e. The fourth-order valence-electron chi connectivity index (χ4n) is 2.48. The molecule has 0 N–H and O–H groups in total. The predicted octanol–water partition coefficient (Wildman–Crippen LogP) is 5.82. The molecule has 0 saturated carbocycles. The van der Waals surface area contributed by atoms with Crippen LogP contribution in [-0.2, 0) is 0 Å². The highest BCUT2D eigenvalue weighted by Crippen LogP contribution is 2.32. The maximum atomic E-state index is 12.5. The van der Waals surface area contributed by atoms with Crippen LogP contribution in [-0.4, -0.2) is 5.78 Å². The van der Waals surface area contributed by atoms with Crippen molar-refractivity contribution < 1.29 is 4.79 Å². The first-order valence-electron chi connectivity index (χ1n) is 7.64. The van der Waals surface area contributed by atoms with Gasteiger partial charge in [0.05, 0.1) is 0 Å². The molecule has 0 aliphatic carbocycles. The Morgan fingerprint density at radius 2 is 1.35 bits per heavy atom. The standard InChI is InChI=1S/C19H28O/c1-8-9-18(20)19-16(13(4)5)10-15(12(2)3)11-17(19)14(6)7/h8-14H,1-7H3/b9-8+. The minimum absolute atomic E-state index is 0.134. The molecule has 0 aliphatic rings. The number of ketones is 1. The van der Waals surface area contributed by atoms with Crippen molar-refractivity contribution in [2.75, 3.05) is 0 Å². The monoisotopic (exact) mass is 272 g/mol. The van der Waals surface area contributed by atoms with Gasteiger partial charge in [-0.05, 0) is 47.4 Å². The zero-order valence-corrected chi connectivity index (χ0v) is 13.9. The second-order valence-electron chi connectivity index (χ2n) is 6.40. The maximum absolute atomic E-state index is 12.5. The van der Waals surface area contributed by atoms with Crippen LogP contribution in [0.2, 0.25) is 0 Å². The van der Waals surface area contributed by atoms with Crippen molar-refractivity contribution in [3.8, 4) is 0 Å². The van der Waals surface area contributed by atoms with Gasteiger partial charge in [-0.3, -0.25) is 4.79 Å². The van der Waals surface area contributed by atoms with E-state index in [1.54, 1.807) is 6.08 Å². The highest BCUT2D eigenvalue weighted by atomic mass is 16.1. The molecular formula is C19H28O. The first kappa shape index (κ1) is 16.7. The molecule has 1 nitrogen and oxygen atoms in total. The van der Waals surface area contributed by atoms with Crippen LogP contribution in [0.3, 0.4) is 0 Å². The number of carbonyl (C=O) groups is 1. The number of rotatable bonds is 5. The summed E-state index contributed by atoms with van der Waals surface area (Å²) in [5, 5.41) is 0. The van der Waals surface area contributed by atoms with E-state index >= 15 is 0 Å². The lowest BCUT2D eigenvalue weighted by Crippen LogP contribution is -2.10. The van der Waals surface area contributed by atoms with Crippen LogP contribution in [0.15, 0.2) is 24.3 Å². The molecule has 20 heavy (non-hydrogen) atoms. The molecule has 0 radical (unpaired) electrons.